The van der Waals surface area contributed by atoms with Crippen LogP contribution < -0.4 is 0 Å². The van der Waals surface area contributed by atoms with Crippen LogP contribution in [0.25, 0.3) is 0 Å². The standard InChI is InChI=1S/C15H24O6S/c1-2-18-8-9-19-10-11-20-12-13-21-22(16,17)14-15-6-4-3-5-7-15/h3-7H,2,8-14H2,1H3. The molecule has 0 fully saturated rings. The summed E-state index contributed by atoms with van der Waals surface area (Å²) in [6.45, 7) is 4.76. The van der Waals surface area contributed by atoms with Crippen molar-refractivity contribution >= 4 is 10.1 Å². The van der Waals surface area contributed by atoms with E-state index in [4.69, 9.17) is 18.4 Å². The Balaban J connectivity index is 2.02. The average molecular weight is 332 g/mol. The molecule has 22 heavy (non-hydrogen) atoms. The topological polar surface area (TPSA) is 71.1 Å². The first-order valence-electron chi connectivity index (χ1n) is 7.28. The summed E-state index contributed by atoms with van der Waals surface area (Å²) < 4.78 is 43.9. The van der Waals surface area contributed by atoms with E-state index in [2.05, 4.69) is 0 Å². The van der Waals surface area contributed by atoms with Gasteiger partial charge in [-0.15, -0.1) is 0 Å². The van der Waals surface area contributed by atoms with Crippen molar-refractivity contribution in [2.24, 2.45) is 0 Å². The fourth-order valence-electron chi connectivity index (χ4n) is 1.62. The van der Waals surface area contributed by atoms with Crippen LogP contribution in [0, 0.1) is 0 Å². The Morgan fingerprint density at radius 3 is 1.95 bits per heavy atom. The van der Waals surface area contributed by atoms with E-state index in [0.717, 1.165) is 0 Å². The van der Waals surface area contributed by atoms with Crippen molar-refractivity contribution in [2.45, 2.75) is 12.7 Å². The second-order valence-corrected chi connectivity index (χ2v) is 6.07. The molecule has 126 valence electrons. The van der Waals surface area contributed by atoms with Gasteiger partial charge < -0.3 is 14.2 Å². The zero-order valence-corrected chi connectivity index (χ0v) is 13.7. The van der Waals surface area contributed by atoms with E-state index >= 15 is 0 Å². The molecule has 1 rings (SSSR count). The number of rotatable bonds is 13. The Morgan fingerprint density at radius 2 is 1.36 bits per heavy atom. The smallest absolute Gasteiger partial charge is 0.271 e. The maximum Gasteiger partial charge on any atom is 0.271 e. The minimum absolute atomic E-state index is 0.00805. The highest BCUT2D eigenvalue weighted by Gasteiger charge is 2.11. The molecule has 0 saturated carbocycles. The van der Waals surface area contributed by atoms with E-state index in [0.29, 0.717) is 38.6 Å². The van der Waals surface area contributed by atoms with E-state index in [9.17, 15) is 8.42 Å². The number of hydrogen-bond acceptors (Lipinski definition) is 6. The molecule has 0 atom stereocenters. The molecule has 0 aromatic heterocycles. The molecule has 0 aliphatic carbocycles. The van der Waals surface area contributed by atoms with Crippen molar-refractivity contribution in [3.63, 3.8) is 0 Å². The molecular formula is C15H24O6S. The van der Waals surface area contributed by atoms with Gasteiger partial charge in [-0.1, -0.05) is 30.3 Å². The van der Waals surface area contributed by atoms with Crippen molar-refractivity contribution in [3.8, 4) is 0 Å². The number of benzene rings is 1. The van der Waals surface area contributed by atoms with Crippen LogP contribution in [0.5, 0.6) is 0 Å². The molecule has 0 saturated heterocycles. The lowest BCUT2D eigenvalue weighted by Gasteiger charge is -2.07. The second-order valence-electron chi connectivity index (χ2n) is 4.43. The summed E-state index contributed by atoms with van der Waals surface area (Å²) in [4.78, 5) is 0. The van der Waals surface area contributed by atoms with Gasteiger partial charge in [0.15, 0.2) is 0 Å². The molecule has 6 nitrogen and oxygen atoms in total. The van der Waals surface area contributed by atoms with Gasteiger partial charge in [-0.2, -0.15) is 8.42 Å². The van der Waals surface area contributed by atoms with Crippen LogP contribution in [0.4, 0.5) is 0 Å². The molecule has 0 bridgehead atoms. The first kappa shape index (κ1) is 19.1. The molecule has 0 aliphatic heterocycles. The van der Waals surface area contributed by atoms with Gasteiger partial charge in [0.25, 0.3) is 10.1 Å². The average Bonchev–Trinajstić information content (AvgIpc) is 2.49. The number of hydrogen-bond donors (Lipinski definition) is 0. The predicted octanol–water partition coefficient (Wildman–Crippen LogP) is 1.60. The Kier molecular flexibility index (Phi) is 10.0. The number of ether oxygens (including phenoxy) is 3. The van der Waals surface area contributed by atoms with Gasteiger partial charge in [-0.25, -0.2) is 0 Å². The first-order chi connectivity index (χ1) is 10.6. The molecule has 0 heterocycles. The summed E-state index contributed by atoms with van der Waals surface area (Å²) >= 11 is 0. The zero-order valence-electron chi connectivity index (χ0n) is 12.9. The monoisotopic (exact) mass is 332 g/mol. The van der Waals surface area contributed by atoms with Gasteiger partial charge in [0, 0.05) is 6.61 Å². The molecule has 1 aromatic rings. The third-order valence-electron chi connectivity index (χ3n) is 2.62. The van der Waals surface area contributed by atoms with E-state index in [1.54, 1.807) is 24.3 Å². The van der Waals surface area contributed by atoms with Crippen molar-refractivity contribution in [1.29, 1.82) is 0 Å². The molecule has 1 aromatic carbocycles. The van der Waals surface area contributed by atoms with Crippen LogP contribution in [-0.4, -0.2) is 54.7 Å². The zero-order chi connectivity index (χ0) is 16.1. The summed E-state index contributed by atoms with van der Waals surface area (Å²) in [6.07, 6.45) is 0. The van der Waals surface area contributed by atoms with Gasteiger partial charge in [0.05, 0.1) is 39.6 Å². The van der Waals surface area contributed by atoms with Crippen molar-refractivity contribution in [1.82, 2.24) is 0 Å². The minimum atomic E-state index is -3.57. The second kappa shape index (κ2) is 11.6. The minimum Gasteiger partial charge on any atom is -0.379 e. The van der Waals surface area contributed by atoms with E-state index < -0.39 is 10.1 Å². The summed E-state index contributed by atoms with van der Waals surface area (Å²) in [7, 11) is -3.57. The molecule has 0 radical (unpaired) electrons. The highest BCUT2D eigenvalue weighted by atomic mass is 32.2. The Hall–Kier alpha value is -0.990. The van der Waals surface area contributed by atoms with Crippen LogP contribution >= 0.6 is 0 Å². The Labute approximate surface area is 132 Å². The first-order valence-corrected chi connectivity index (χ1v) is 8.86. The molecule has 0 spiro atoms. The largest absolute Gasteiger partial charge is 0.379 e. The van der Waals surface area contributed by atoms with Crippen molar-refractivity contribution in [3.05, 3.63) is 35.9 Å². The molecule has 0 aliphatic rings. The predicted molar refractivity (Wildman–Crippen MR) is 83.1 cm³/mol. The Bertz CT molecular complexity index is 474. The third-order valence-corrected chi connectivity index (χ3v) is 3.84. The lowest BCUT2D eigenvalue weighted by molar-refractivity contribution is 0.0117. The highest BCUT2D eigenvalue weighted by Crippen LogP contribution is 2.06. The van der Waals surface area contributed by atoms with Gasteiger partial charge in [0.2, 0.25) is 0 Å². The summed E-state index contributed by atoms with van der Waals surface area (Å²) in [6, 6.07) is 8.91. The molecule has 0 amide bonds. The van der Waals surface area contributed by atoms with E-state index in [1.165, 1.54) is 0 Å². The maximum atomic E-state index is 11.7. The summed E-state index contributed by atoms with van der Waals surface area (Å²) in [5, 5.41) is 0. The third kappa shape index (κ3) is 9.86. The molecule has 7 heteroatoms. The molecular weight excluding hydrogens is 308 g/mol. The van der Waals surface area contributed by atoms with Crippen molar-refractivity contribution in [2.75, 3.05) is 46.2 Å². The van der Waals surface area contributed by atoms with Gasteiger partial charge >= 0.3 is 0 Å². The lowest BCUT2D eigenvalue weighted by atomic mass is 10.2. The summed E-state index contributed by atoms with van der Waals surface area (Å²) in [5.74, 6) is -0.131. The van der Waals surface area contributed by atoms with Crippen LogP contribution in [0.3, 0.4) is 0 Å². The Morgan fingerprint density at radius 1 is 0.818 bits per heavy atom. The van der Waals surface area contributed by atoms with Crippen LogP contribution in [-0.2, 0) is 34.3 Å². The van der Waals surface area contributed by atoms with Crippen LogP contribution in [0.2, 0.25) is 0 Å². The fourth-order valence-corrected chi connectivity index (χ4v) is 2.63. The van der Waals surface area contributed by atoms with Crippen molar-refractivity contribution < 1.29 is 26.8 Å². The van der Waals surface area contributed by atoms with E-state index in [-0.39, 0.29) is 19.0 Å². The van der Waals surface area contributed by atoms with Gasteiger partial charge in [0.1, 0.15) is 5.75 Å². The van der Waals surface area contributed by atoms with Gasteiger partial charge in [-0.05, 0) is 12.5 Å². The maximum absolute atomic E-state index is 11.7. The fraction of sp³-hybridized carbons (Fsp3) is 0.600. The van der Waals surface area contributed by atoms with E-state index in [1.807, 2.05) is 13.0 Å². The quantitative estimate of drug-likeness (QED) is 0.404. The van der Waals surface area contributed by atoms with Gasteiger partial charge in [-0.3, -0.25) is 4.18 Å². The summed E-state index contributed by atoms with van der Waals surface area (Å²) in [5.41, 5.74) is 0.700. The van der Waals surface area contributed by atoms with Crippen LogP contribution in [0.15, 0.2) is 30.3 Å². The highest BCUT2D eigenvalue weighted by molar-refractivity contribution is 7.85. The normalized spacial score (nSPS) is 11.7. The SMILES string of the molecule is CCOCCOCCOCCOS(=O)(=O)Cc1ccccc1. The lowest BCUT2D eigenvalue weighted by Crippen LogP contribution is -2.15. The van der Waals surface area contributed by atoms with Crippen LogP contribution in [0.1, 0.15) is 12.5 Å². The molecule has 0 N–H and O–H groups in total. The molecule has 0 unspecified atom stereocenters.